The number of anilines is 1. The molecule has 0 aliphatic carbocycles. The molecule has 0 aliphatic heterocycles. The van der Waals surface area contributed by atoms with E-state index < -0.39 is 0 Å². The van der Waals surface area contributed by atoms with Gasteiger partial charge in [0, 0.05) is 17.6 Å². The Labute approximate surface area is 170 Å². The predicted molar refractivity (Wildman–Crippen MR) is 107 cm³/mol. The Balaban J connectivity index is 1.60. The first-order chi connectivity index (χ1) is 13.5. The minimum absolute atomic E-state index is 0.152. The van der Waals surface area contributed by atoms with Gasteiger partial charge in [0.2, 0.25) is 5.91 Å². The largest absolute Gasteiger partial charge is 0.486 e. The predicted octanol–water partition coefficient (Wildman–Crippen LogP) is 3.72. The van der Waals surface area contributed by atoms with Gasteiger partial charge in [0.25, 0.3) is 0 Å². The molecule has 0 fully saturated rings. The number of carbonyl (C=O) groups is 1. The van der Waals surface area contributed by atoms with Crippen LogP contribution in [0.15, 0.2) is 52.7 Å². The van der Waals surface area contributed by atoms with Crippen LogP contribution in [0, 0.1) is 6.92 Å². The van der Waals surface area contributed by atoms with Crippen LogP contribution in [0.3, 0.4) is 0 Å². The highest BCUT2D eigenvalue weighted by molar-refractivity contribution is 7.99. The zero-order valence-electron chi connectivity index (χ0n) is 15.1. The maximum Gasteiger partial charge on any atom is 0.236 e. The normalized spacial score (nSPS) is 10.6. The molecular weight excluding hydrogens is 402 g/mol. The average Bonchev–Trinajstić information content (AvgIpc) is 3.26. The highest BCUT2D eigenvalue weighted by atomic mass is 35.5. The van der Waals surface area contributed by atoms with Crippen LogP contribution in [0.1, 0.15) is 11.6 Å². The van der Waals surface area contributed by atoms with Crippen LogP contribution in [-0.4, -0.2) is 31.6 Å². The molecule has 1 amide bonds. The van der Waals surface area contributed by atoms with Gasteiger partial charge in [-0.05, 0) is 31.2 Å². The molecule has 2 aromatic heterocycles. The van der Waals surface area contributed by atoms with E-state index >= 15 is 0 Å². The number of aryl methyl sites for hydroxylation is 1. The number of thioether (sulfide) groups is 1. The molecule has 10 heteroatoms. The zero-order chi connectivity index (χ0) is 19.9. The molecule has 0 saturated carbocycles. The van der Waals surface area contributed by atoms with Crippen LogP contribution in [-0.2, 0) is 17.9 Å². The molecule has 0 spiro atoms. The number of rotatable bonds is 9. The number of hydrogen-bond donors (Lipinski definition) is 1. The number of aromatic nitrogens is 4. The zero-order valence-corrected chi connectivity index (χ0v) is 16.7. The number of carbonyl (C=O) groups excluding carboxylic acids is 1. The molecule has 0 bridgehead atoms. The van der Waals surface area contributed by atoms with Gasteiger partial charge < -0.3 is 14.6 Å². The Morgan fingerprint density at radius 1 is 1.39 bits per heavy atom. The van der Waals surface area contributed by atoms with E-state index in [2.05, 4.69) is 27.2 Å². The monoisotopic (exact) mass is 419 g/mol. The number of benzene rings is 1. The van der Waals surface area contributed by atoms with Gasteiger partial charge in [0.1, 0.15) is 18.1 Å². The van der Waals surface area contributed by atoms with Crippen LogP contribution in [0.2, 0.25) is 5.02 Å². The van der Waals surface area contributed by atoms with Gasteiger partial charge in [-0.3, -0.25) is 9.36 Å². The molecule has 3 rings (SSSR count). The smallest absolute Gasteiger partial charge is 0.236 e. The fourth-order valence-corrected chi connectivity index (χ4v) is 3.15. The van der Waals surface area contributed by atoms with Crippen molar-refractivity contribution in [2.75, 3.05) is 11.1 Å². The minimum Gasteiger partial charge on any atom is -0.486 e. The van der Waals surface area contributed by atoms with E-state index in [9.17, 15) is 4.79 Å². The van der Waals surface area contributed by atoms with Gasteiger partial charge in [-0.25, -0.2) is 0 Å². The fourth-order valence-electron chi connectivity index (χ4n) is 2.26. The van der Waals surface area contributed by atoms with Gasteiger partial charge >= 0.3 is 0 Å². The molecule has 146 valence electrons. The van der Waals surface area contributed by atoms with Crippen molar-refractivity contribution >= 4 is 35.1 Å². The van der Waals surface area contributed by atoms with Crippen LogP contribution in [0.4, 0.5) is 5.82 Å². The molecule has 0 atom stereocenters. The van der Waals surface area contributed by atoms with Gasteiger partial charge in [-0.2, -0.15) is 0 Å². The van der Waals surface area contributed by atoms with Crippen LogP contribution < -0.4 is 10.1 Å². The summed E-state index contributed by atoms with van der Waals surface area (Å²) in [4.78, 5) is 12.1. The average molecular weight is 420 g/mol. The van der Waals surface area contributed by atoms with Crippen molar-refractivity contribution in [1.82, 2.24) is 19.9 Å². The molecule has 0 aliphatic rings. The summed E-state index contributed by atoms with van der Waals surface area (Å²) in [6.45, 7) is 6.24. The Hall–Kier alpha value is -2.78. The fraction of sp³-hybridized carbons (Fsp3) is 0.222. The summed E-state index contributed by atoms with van der Waals surface area (Å²) < 4.78 is 12.5. The summed E-state index contributed by atoms with van der Waals surface area (Å²) in [5.41, 5.74) is 0. The summed E-state index contributed by atoms with van der Waals surface area (Å²) in [5, 5.41) is 16.0. The second-order valence-electron chi connectivity index (χ2n) is 5.70. The number of amides is 1. The number of ether oxygens (including phenoxy) is 1. The van der Waals surface area contributed by atoms with Crippen LogP contribution in [0.25, 0.3) is 0 Å². The summed E-state index contributed by atoms with van der Waals surface area (Å²) in [6.07, 6.45) is 1.73. The van der Waals surface area contributed by atoms with Gasteiger partial charge in [0.05, 0.1) is 5.75 Å². The molecule has 28 heavy (non-hydrogen) atoms. The minimum atomic E-state index is -0.217. The molecule has 0 unspecified atom stereocenters. The lowest BCUT2D eigenvalue weighted by Crippen LogP contribution is -2.15. The molecule has 8 nitrogen and oxygen atoms in total. The first-order valence-electron chi connectivity index (χ1n) is 8.32. The molecule has 0 radical (unpaired) electrons. The third kappa shape index (κ3) is 5.37. The third-order valence-corrected chi connectivity index (χ3v) is 4.73. The summed E-state index contributed by atoms with van der Waals surface area (Å²) in [7, 11) is 0. The lowest BCUT2D eigenvalue weighted by molar-refractivity contribution is -0.113. The number of halogens is 1. The van der Waals surface area contributed by atoms with E-state index in [1.807, 2.05) is 4.57 Å². The third-order valence-electron chi connectivity index (χ3n) is 3.51. The van der Waals surface area contributed by atoms with E-state index in [-0.39, 0.29) is 18.3 Å². The van der Waals surface area contributed by atoms with E-state index in [4.69, 9.17) is 20.9 Å². The molecule has 0 saturated heterocycles. The second-order valence-corrected chi connectivity index (χ2v) is 7.08. The van der Waals surface area contributed by atoms with Gasteiger partial charge in [-0.1, -0.05) is 34.6 Å². The van der Waals surface area contributed by atoms with Crippen molar-refractivity contribution in [1.29, 1.82) is 0 Å². The van der Waals surface area contributed by atoms with Gasteiger partial charge in [0.15, 0.2) is 16.8 Å². The van der Waals surface area contributed by atoms with E-state index in [0.29, 0.717) is 39.9 Å². The quantitative estimate of drug-likeness (QED) is 0.417. The maximum atomic E-state index is 12.1. The maximum absolute atomic E-state index is 12.1. The van der Waals surface area contributed by atoms with Crippen molar-refractivity contribution in [3.8, 4) is 5.75 Å². The van der Waals surface area contributed by atoms with Crippen molar-refractivity contribution < 1.29 is 14.1 Å². The Bertz CT molecular complexity index is 955. The van der Waals surface area contributed by atoms with Crippen molar-refractivity contribution in [3.05, 3.63) is 59.6 Å². The first-order valence-corrected chi connectivity index (χ1v) is 9.69. The van der Waals surface area contributed by atoms with Crippen LogP contribution >= 0.6 is 23.4 Å². The topological polar surface area (TPSA) is 95.1 Å². The van der Waals surface area contributed by atoms with Crippen molar-refractivity contribution in [3.63, 3.8) is 0 Å². The molecule has 3 aromatic rings. The lowest BCUT2D eigenvalue weighted by Gasteiger charge is -2.09. The van der Waals surface area contributed by atoms with Gasteiger partial charge in [-0.15, -0.1) is 16.8 Å². The highest BCUT2D eigenvalue weighted by Gasteiger charge is 2.15. The Kier molecular flexibility index (Phi) is 6.72. The number of nitrogens with zero attached hydrogens (tertiary/aromatic N) is 4. The molecule has 1 aromatic carbocycles. The van der Waals surface area contributed by atoms with E-state index in [1.165, 1.54) is 11.8 Å². The SMILES string of the molecule is C=CCn1c(COc2ccc(Cl)cc2)nnc1SCC(=O)Nc1cc(C)on1. The van der Waals surface area contributed by atoms with Crippen molar-refractivity contribution in [2.24, 2.45) is 0 Å². The number of hydrogen-bond acceptors (Lipinski definition) is 7. The summed E-state index contributed by atoms with van der Waals surface area (Å²) >= 11 is 7.14. The summed E-state index contributed by atoms with van der Waals surface area (Å²) in [6, 6.07) is 8.71. The van der Waals surface area contributed by atoms with Crippen molar-refractivity contribution in [2.45, 2.75) is 25.2 Å². The first kappa shape index (κ1) is 20.0. The van der Waals surface area contributed by atoms with E-state index in [0.717, 1.165) is 0 Å². The molecule has 1 N–H and O–H groups in total. The standard InChI is InChI=1S/C18H18ClN5O3S/c1-3-8-24-16(10-26-14-6-4-13(19)5-7-14)21-22-18(24)28-11-17(25)20-15-9-12(2)27-23-15/h3-7,9H,1,8,10-11H2,2H3,(H,20,23,25). The Morgan fingerprint density at radius 2 is 2.18 bits per heavy atom. The lowest BCUT2D eigenvalue weighted by atomic mass is 10.3. The number of allylic oxidation sites excluding steroid dienone is 1. The summed E-state index contributed by atoms with van der Waals surface area (Å²) in [5.74, 6) is 2.25. The highest BCUT2D eigenvalue weighted by Crippen LogP contribution is 2.20. The number of nitrogens with one attached hydrogen (secondary N) is 1. The Morgan fingerprint density at radius 3 is 2.86 bits per heavy atom. The molecule has 2 heterocycles. The molecular formula is C18H18ClN5O3S. The van der Waals surface area contributed by atoms with E-state index in [1.54, 1.807) is 43.3 Å². The second kappa shape index (κ2) is 9.43. The van der Waals surface area contributed by atoms with Crippen LogP contribution in [0.5, 0.6) is 5.75 Å².